The number of sulfonamides is 1. The van der Waals surface area contributed by atoms with Crippen LogP contribution in [-0.2, 0) is 27.7 Å². The minimum absolute atomic E-state index is 0.0330. The lowest BCUT2D eigenvalue weighted by Crippen LogP contribution is -2.27. The summed E-state index contributed by atoms with van der Waals surface area (Å²) >= 11 is 0. The number of hydrogen-bond donors (Lipinski definition) is 1. The highest BCUT2D eigenvalue weighted by molar-refractivity contribution is 7.89. The molecule has 1 aromatic carbocycles. The first-order valence-electron chi connectivity index (χ1n) is 8.77. The first kappa shape index (κ1) is 17.7. The molecule has 3 aromatic rings. The minimum Gasteiger partial charge on any atom is -0.312 e. The van der Waals surface area contributed by atoms with Gasteiger partial charge in [0.05, 0.1) is 16.6 Å². The van der Waals surface area contributed by atoms with Crippen molar-refractivity contribution in [3.63, 3.8) is 0 Å². The fourth-order valence-electron chi connectivity index (χ4n) is 3.44. The molecule has 3 heterocycles. The molecule has 0 unspecified atom stereocenters. The van der Waals surface area contributed by atoms with Crippen molar-refractivity contribution in [3.05, 3.63) is 60.2 Å². The molecule has 27 heavy (non-hydrogen) atoms. The molecule has 4 rings (SSSR count). The van der Waals surface area contributed by atoms with Gasteiger partial charge in [-0.1, -0.05) is 6.07 Å². The topological polar surface area (TPSA) is 83.8 Å². The molecule has 0 saturated carbocycles. The van der Waals surface area contributed by atoms with E-state index in [2.05, 4.69) is 9.71 Å². The van der Waals surface area contributed by atoms with Crippen LogP contribution in [0.1, 0.15) is 18.3 Å². The van der Waals surface area contributed by atoms with Crippen LogP contribution in [0, 0.1) is 0 Å². The highest BCUT2D eigenvalue weighted by atomic mass is 32.2. The van der Waals surface area contributed by atoms with E-state index in [9.17, 15) is 13.2 Å². The molecular formula is C19H20N4O3S. The molecule has 1 N–H and O–H groups in total. The third kappa shape index (κ3) is 3.33. The Morgan fingerprint density at radius 2 is 2.11 bits per heavy atom. The Morgan fingerprint density at radius 1 is 1.26 bits per heavy atom. The molecule has 140 valence electrons. The van der Waals surface area contributed by atoms with Gasteiger partial charge in [0.15, 0.2) is 0 Å². The predicted octanol–water partition coefficient (Wildman–Crippen LogP) is 1.76. The number of rotatable bonds is 5. The summed E-state index contributed by atoms with van der Waals surface area (Å²) in [6, 6.07) is 10.7. The van der Waals surface area contributed by atoms with Crippen molar-refractivity contribution in [1.29, 1.82) is 0 Å². The highest BCUT2D eigenvalue weighted by Gasteiger charge is 2.24. The molecule has 0 spiro atoms. The zero-order valence-corrected chi connectivity index (χ0v) is 15.7. The number of amides is 1. The molecule has 0 radical (unpaired) electrons. The van der Waals surface area contributed by atoms with Crippen LogP contribution in [0.5, 0.6) is 0 Å². The first-order chi connectivity index (χ1) is 13.0. The molecule has 1 aliphatic heterocycles. The molecule has 7 nitrogen and oxygen atoms in total. The number of nitrogens with one attached hydrogen (secondary N) is 1. The number of nitrogens with zero attached hydrogens (tertiary/aromatic N) is 3. The summed E-state index contributed by atoms with van der Waals surface area (Å²) in [6.07, 6.45) is 4.83. The molecule has 1 aliphatic rings. The third-order valence-electron chi connectivity index (χ3n) is 4.79. The Labute approximate surface area is 157 Å². The molecule has 0 bridgehead atoms. The summed E-state index contributed by atoms with van der Waals surface area (Å²) in [7, 11) is -3.62. The second-order valence-corrected chi connectivity index (χ2v) is 8.30. The Balaban J connectivity index is 1.47. The van der Waals surface area contributed by atoms with Crippen molar-refractivity contribution >= 4 is 27.1 Å². The van der Waals surface area contributed by atoms with Gasteiger partial charge in [0.1, 0.15) is 5.82 Å². The summed E-state index contributed by atoms with van der Waals surface area (Å²) < 4.78 is 29.8. The predicted molar refractivity (Wildman–Crippen MR) is 102 cm³/mol. The highest BCUT2D eigenvalue weighted by Crippen LogP contribution is 2.30. The number of imidazole rings is 1. The number of benzene rings is 1. The molecule has 0 saturated heterocycles. The maximum atomic E-state index is 12.6. The molecule has 0 atom stereocenters. The van der Waals surface area contributed by atoms with Gasteiger partial charge in [0.25, 0.3) is 0 Å². The van der Waals surface area contributed by atoms with Crippen molar-refractivity contribution in [3.8, 4) is 0 Å². The van der Waals surface area contributed by atoms with Gasteiger partial charge in [0, 0.05) is 38.3 Å². The number of fused-ring (bicyclic) bond motifs is 2. The van der Waals surface area contributed by atoms with E-state index in [-0.39, 0.29) is 17.3 Å². The smallest absolute Gasteiger partial charge is 0.240 e. The van der Waals surface area contributed by atoms with Gasteiger partial charge in [-0.3, -0.25) is 4.79 Å². The molecule has 0 fully saturated rings. The average molecular weight is 384 g/mol. The number of hydrogen-bond acceptors (Lipinski definition) is 4. The lowest BCUT2D eigenvalue weighted by atomic mass is 10.2. The summed E-state index contributed by atoms with van der Waals surface area (Å²) in [4.78, 5) is 17.9. The fourth-order valence-corrected chi connectivity index (χ4v) is 4.52. The number of carbonyl (C=O) groups is 1. The Morgan fingerprint density at radius 3 is 2.93 bits per heavy atom. The van der Waals surface area contributed by atoms with Crippen LogP contribution in [-0.4, -0.2) is 36.8 Å². The number of anilines is 1. The van der Waals surface area contributed by atoms with Gasteiger partial charge < -0.3 is 9.30 Å². The van der Waals surface area contributed by atoms with Crippen molar-refractivity contribution in [2.24, 2.45) is 0 Å². The van der Waals surface area contributed by atoms with Gasteiger partial charge >= 0.3 is 0 Å². The van der Waals surface area contributed by atoms with E-state index in [1.54, 1.807) is 29.3 Å². The number of carbonyl (C=O) groups excluding carboxylic acids is 1. The molecule has 8 heteroatoms. The van der Waals surface area contributed by atoms with E-state index < -0.39 is 10.0 Å². The quantitative estimate of drug-likeness (QED) is 0.727. The summed E-state index contributed by atoms with van der Waals surface area (Å²) in [5, 5.41) is 0. The summed E-state index contributed by atoms with van der Waals surface area (Å²) in [5.41, 5.74) is 2.65. The minimum atomic E-state index is -3.62. The number of aromatic nitrogens is 2. The Hall–Kier alpha value is -2.71. The SMILES string of the molecule is CC(=O)N1CCc2cc(S(=O)(=O)NCCc3ncc4ccccn34)ccc21. The van der Waals surface area contributed by atoms with Gasteiger partial charge in [0.2, 0.25) is 15.9 Å². The lowest BCUT2D eigenvalue weighted by molar-refractivity contribution is -0.116. The fraction of sp³-hybridized carbons (Fsp3) is 0.263. The van der Waals surface area contributed by atoms with Crippen LogP contribution < -0.4 is 9.62 Å². The zero-order valence-electron chi connectivity index (χ0n) is 14.9. The second kappa shape index (κ2) is 6.79. The molecule has 2 aromatic heterocycles. The van der Waals surface area contributed by atoms with E-state index in [1.165, 1.54) is 6.92 Å². The van der Waals surface area contributed by atoms with Crippen molar-refractivity contribution < 1.29 is 13.2 Å². The zero-order chi connectivity index (χ0) is 19.0. The van der Waals surface area contributed by atoms with Crippen LogP contribution in [0.4, 0.5) is 5.69 Å². The summed E-state index contributed by atoms with van der Waals surface area (Å²) in [6.45, 7) is 2.36. The largest absolute Gasteiger partial charge is 0.312 e. The maximum Gasteiger partial charge on any atom is 0.240 e. The van der Waals surface area contributed by atoms with Crippen molar-refractivity contribution in [2.45, 2.75) is 24.7 Å². The second-order valence-electron chi connectivity index (χ2n) is 6.53. The van der Waals surface area contributed by atoms with Gasteiger partial charge in [-0.25, -0.2) is 18.1 Å². The van der Waals surface area contributed by atoms with Crippen LogP contribution in [0.2, 0.25) is 0 Å². The van der Waals surface area contributed by atoms with E-state index in [4.69, 9.17) is 0 Å². The summed E-state index contributed by atoms with van der Waals surface area (Å²) in [5.74, 6) is 0.772. The van der Waals surface area contributed by atoms with Crippen molar-refractivity contribution in [1.82, 2.24) is 14.1 Å². The van der Waals surface area contributed by atoms with Gasteiger partial charge in [-0.2, -0.15) is 0 Å². The van der Waals surface area contributed by atoms with Crippen molar-refractivity contribution in [2.75, 3.05) is 18.0 Å². The van der Waals surface area contributed by atoms with Crippen LogP contribution in [0.3, 0.4) is 0 Å². The van der Waals surface area contributed by atoms with Gasteiger partial charge in [-0.05, 0) is 42.3 Å². The standard InChI is InChI=1S/C19H20N4O3S/c1-14(24)22-11-8-15-12-17(5-6-18(15)22)27(25,26)21-9-7-19-20-13-16-4-2-3-10-23(16)19/h2-6,10,12-13,21H,7-9,11H2,1H3. The van der Waals surface area contributed by atoms with Crippen LogP contribution >= 0.6 is 0 Å². The monoisotopic (exact) mass is 384 g/mol. The number of pyridine rings is 1. The van der Waals surface area contributed by atoms with E-state index in [1.807, 2.05) is 28.8 Å². The van der Waals surface area contributed by atoms with Crippen LogP contribution in [0.15, 0.2) is 53.7 Å². The average Bonchev–Trinajstić information content (AvgIpc) is 3.25. The molecular weight excluding hydrogens is 364 g/mol. The third-order valence-corrected chi connectivity index (χ3v) is 6.25. The lowest BCUT2D eigenvalue weighted by Gasteiger charge is -2.15. The van der Waals surface area contributed by atoms with Gasteiger partial charge in [-0.15, -0.1) is 0 Å². The Kier molecular flexibility index (Phi) is 4.45. The normalized spacial score (nSPS) is 13.9. The Bertz CT molecular complexity index is 1120. The first-order valence-corrected chi connectivity index (χ1v) is 10.3. The van der Waals surface area contributed by atoms with E-state index in [0.717, 1.165) is 22.6 Å². The molecule has 0 aliphatic carbocycles. The maximum absolute atomic E-state index is 12.6. The molecule has 1 amide bonds. The van der Waals surface area contributed by atoms with E-state index in [0.29, 0.717) is 19.4 Å². The van der Waals surface area contributed by atoms with Crippen LogP contribution in [0.25, 0.3) is 5.52 Å². The van der Waals surface area contributed by atoms with E-state index >= 15 is 0 Å².